The van der Waals surface area contributed by atoms with Gasteiger partial charge >= 0.3 is 0 Å². The molecule has 0 amide bonds. The van der Waals surface area contributed by atoms with Gasteiger partial charge in [0.2, 0.25) is 0 Å². The molecule has 2 bridgehead atoms. The number of fused-ring (bicyclic) bond motifs is 4. The Morgan fingerprint density at radius 3 is 2.86 bits per heavy atom. The largest absolute Gasteiger partial charge is 0.301 e. The number of carbonyl (C=O) groups excluding carboxylic acids is 1. The highest BCUT2D eigenvalue weighted by atomic mass is 16.1. The summed E-state index contributed by atoms with van der Waals surface area (Å²) in [4.78, 5) is 13.8. The zero-order valence-corrected chi connectivity index (χ0v) is 8.86. The third-order valence-corrected chi connectivity index (χ3v) is 3.37. The zero-order chi connectivity index (χ0) is 10.1. The lowest BCUT2D eigenvalue weighted by atomic mass is 9.87. The molecule has 0 aliphatic carbocycles. The lowest BCUT2D eigenvalue weighted by Crippen LogP contribution is -2.61. The monoisotopic (exact) mass is 194 g/mol. The van der Waals surface area contributed by atoms with Crippen LogP contribution in [0.5, 0.6) is 0 Å². The van der Waals surface area contributed by atoms with Crippen LogP contribution in [0.25, 0.3) is 0 Å². The van der Waals surface area contributed by atoms with Gasteiger partial charge in [0.25, 0.3) is 0 Å². The Bertz CT molecular complexity index is 262. The van der Waals surface area contributed by atoms with Crippen LogP contribution >= 0.6 is 0 Å². The molecule has 3 heteroatoms. The number of carbonyl (C=O) groups is 1. The average molecular weight is 194 g/mol. The van der Waals surface area contributed by atoms with Crippen LogP contribution < -0.4 is 5.32 Å². The van der Waals surface area contributed by atoms with Crippen LogP contribution in [0.1, 0.15) is 19.8 Å². The predicted octanol–water partition coefficient (Wildman–Crippen LogP) is 0.771. The molecule has 3 rings (SSSR count). The molecule has 3 heterocycles. The van der Waals surface area contributed by atoms with Crippen LogP contribution in [-0.2, 0) is 4.79 Å². The topological polar surface area (TPSA) is 32.3 Å². The Morgan fingerprint density at radius 2 is 2.14 bits per heavy atom. The Hall–Kier alpha value is -0.670. The fraction of sp³-hybridized carbons (Fsp3) is 0.727. The highest BCUT2D eigenvalue weighted by molar-refractivity contribution is 5.82. The lowest BCUT2D eigenvalue weighted by Gasteiger charge is -2.44. The third-order valence-electron chi connectivity index (χ3n) is 3.37. The first-order chi connectivity index (χ1) is 6.70. The van der Waals surface area contributed by atoms with Crippen molar-refractivity contribution in [2.24, 2.45) is 5.92 Å². The quantitative estimate of drug-likeness (QED) is 0.626. The van der Waals surface area contributed by atoms with Gasteiger partial charge in [0.1, 0.15) is 5.78 Å². The second kappa shape index (κ2) is 3.83. The summed E-state index contributed by atoms with van der Waals surface area (Å²) >= 11 is 0. The van der Waals surface area contributed by atoms with Crippen molar-refractivity contribution in [3.63, 3.8) is 0 Å². The number of nitrogens with one attached hydrogen (secondary N) is 1. The Labute approximate surface area is 85.2 Å². The van der Waals surface area contributed by atoms with Crippen molar-refractivity contribution < 1.29 is 4.79 Å². The first-order valence-corrected chi connectivity index (χ1v) is 5.31. The number of allylic oxidation sites excluding steroid dienone is 1. The smallest absolute Gasteiger partial charge is 0.147 e. The summed E-state index contributed by atoms with van der Waals surface area (Å²) in [6.45, 7) is 2.69. The molecule has 0 spiro atoms. The number of hydrogen-bond donors (Lipinski definition) is 1. The van der Waals surface area contributed by atoms with Gasteiger partial charge in [-0.2, -0.15) is 0 Å². The van der Waals surface area contributed by atoms with E-state index < -0.39 is 0 Å². The Morgan fingerprint density at radius 1 is 1.43 bits per heavy atom. The van der Waals surface area contributed by atoms with E-state index in [-0.39, 0.29) is 6.04 Å². The van der Waals surface area contributed by atoms with E-state index in [1.54, 1.807) is 6.92 Å². The van der Waals surface area contributed by atoms with E-state index in [9.17, 15) is 4.79 Å². The Balaban J connectivity index is 2.25. The van der Waals surface area contributed by atoms with E-state index in [1.807, 2.05) is 0 Å². The molecular formula is C11H18N2O. The van der Waals surface area contributed by atoms with Gasteiger partial charge in [0.05, 0.1) is 12.2 Å². The second-order valence-corrected chi connectivity index (χ2v) is 4.35. The van der Waals surface area contributed by atoms with Crippen LogP contribution in [0.4, 0.5) is 0 Å². The molecule has 0 radical (unpaired) electrons. The second-order valence-electron chi connectivity index (χ2n) is 4.35. The molecule has 0 aromatic rings. The molecule has 1 N–H and O–H groups in total. The maximum atomic E-state index is 11.6. The summed E-state index contributed by atoms with van der Waals surface area (Å²) in [6.07, 6.45) is 6.82. The summed E-state index contributed by atoms with van der Waals surface area (Å²) < 4.78 is 0. The van der Waals surface area contributed by atoms with Gasteiger partial charge in [0, 0.05) is 6.54 Å². The Kier molecular flexibility index (Phi) is 2.70. The number of nitrogens with zero attached hydrogens (tertiary/aromatic N) is 1. The zero-order valence-electron chi connectivity index (χ0n) is 8.86. The summed E-state index contributed by atoms with van der Waals surface area (Å²) in [5, 5.41) is 3.48. The SMILES string of the molecule is CC(=O)C1C2C/C=C\CC(NC2)N1C. The lowest BCUT2D eigenvalue weighted by molar-refractivity contribution is -0.126. The highest BCUT2D eigenvalue weighted by Gasteiger charge is 2.37. The van der Waals surface area contributed by atoms with Gasteiger partial charge in [0.15, 0.2) is 0 Å². The molecule has 0 saturated carbocycles. The van der Waals surface area contributed by atoms with E-state index in [2.05, 4.69) is 29.4 Å². The molecule has 3 unspecified atom stereocenters. The standard InChI is InChI=1S/C11H18N2O/c1-8(14)11-9-5-3-4-6-10(12-7-9)13(11)2/h3-4,9-12H,5-7H2,1-2H3/b4-3-. The van der Waals surface area contributed by atoms with Gasteiger partial charge < -0.3 is 5.32 Å². The molecule has 0 aromatic carbocycles. The molecule has 78 valence electrons. The van der Waals surface area contributed by atoms with Crippen LogP contribution in [-0.4, -0.2) is 36.5 Å². The summed E-state index contributed by atoms with van der Waals surface area (Å²) in [6, 6.07) is 0.117. The normalized spacial score (nSPS) is 40.3. The maximum absolute atomic E-state index is 11.6. The van der Waals surface area contributed by atoms with Gasteiger partial charge in [-0.05, 0) is 32.7 Å². The number of rotatable bonds is 1. The molecule has 3 atom stereocenters. The molecule has 3 nitrogen and oxygen atoms in total. The van der Waals surface area contributed by atoms with Gasteiger partial charge in [-0.25, -0.2) is 0 Å². The predicted molar refractivity (Wildman–Crippen MR) is 55.9 cm³/mol. The highest BCUT2D eigenvalue weighted by Crippen LogP contribution is 2.25. The summed E-state index contributed by atoms with van der Waals surface area (Å²) in [5.41, 5.74) is 0. The fourth-order valence-electron chi connectivity index (χ4n) is 2.65. The van der Waals surface area contributed by atoms with Crippen molar-refractivity contribution >= 4 is 5.78 Å². The van der Waals surface area contributed by atoms with Crippen LogP contribution in [0, 0.1) is 5.92 Å². The minimum Gasteiger partial charge on any atom is -0.301 e. The van der Waals surface area contributed by atoms with E-state index in [0.717, 1.165) is 19.4 Å². The fourth-order valence-corrected chi connectivity index (χ4v) is 2.65. The first-order valence-electron chi connectivity index (χ1n) is 5.31. The summed E-state index contributed by atoms with van der Waals surface area (Å²) in [7, 11) is 2.05. The molecule has 1 saturated heterocycles. The molecular weight excluding hydrogens is 176 g/mol. The van der Waals surface area contributed by atoms with E-state index in [1.165, 1.54) is 0 Å². The van der Waals surface area contributed by atoms with E-state index >= 15 is 0 Å². The van der Waals surface area contributed by atoms with Crippen molar-refractivity contribution in [3.05, 3.63) is 12.2 Å². The molecule has 3 aliphatic heterocycles. The van der Waals surface area contributed by atoms with Gasteiger partial charge in [-0.1, -0.05) is 12.2 Å². The van der Waals surface area contributed by atoms with E-state index in [4.69, 9.17) is 0 Å². The van der Waals surface area contributed by atoms with E-state index in [0.29, 0.717) is 17.9 Å². The van der Waals surface area contributed by atoms with Crippen LogP contribution in [0.2, 0.25) is 0 Å². The minimum absolute atomic E-state index is 0.117. The molecule has 3 aliphatic rings. The molecule has 0 aromatic heterocycles. The van der Waals surface area contributed by atoms with Crippen molar-refractivity contribution in [2.75, 3.05) is 13.6 Å². The van der Waals surface area contributed by atoms with Crippen molar-refractivity contribution in [1.29, 1.82) is 0 Å². The molecule has 1 fully saturated rings. The van der Waals surface area contributed by atoms with Crippen molar-refractivity contribution in [3.8, 4) is 0 Å². The minimum atomic E-state index is 0.117. The summed E-state index contributed by atoms with van der Waals surface area (Å²) in [5.74, 6) is 0.754. The van der Waals surface area contributed by atoms with Crippen LogP contribution in [0.15, 0.2) is 12.2 Å². The first kappa shape index (κ1) is 9.87. The van der Waals surface area contributed by atoms with Crippen molar-refractivity contribution in [1.82, 2.24) is 10.2 Å². The average Bonchev–Trinajstić information content (AvgIpc) is 2.06. The van der Waals surface area contributed by atoms with Gasteiger partial charge in [-0.15, -0.1) is 0 Å². The molecule has 14 heavy (non-hydrogen) atoms. The number of Topliss-reactive ketones (excluding diaryl/α,β-unsaturated/α-hetero) is 1. The van der Waals surface area contributed by atoms with Gasteiger partial charge in [-0.3, -0.25) is 9.69 Å². The van der Waals surface area contributed by atoms with Crippen molar-refractivity contribution in [2.45, 2.75) is 32.0 Å². The number of ketones is 1. The number of hydrogen-bond acceptors (Lipinski definition) is 3. The maximum Gasteiger partial charge on any atom is 0.147 e. The number of likely N-dealkylation sites (N-methyl/N-ethyl adjacent to an activating group) is 1. The van der Waals surface area contributed by atoms with Crippen LogP contribution in [0.3, 0.4) is 0 Å². The third kappa shape index (κ3) is 1.62.